The smallest absolute Gasteiger partial charge is 0.310 e. The maximum absolute atomic E-state index is 12.3. The highest BCUT2D eigenvalue weighted by Gasteiger charge is 2.20. The number of hydrogen-bond donors (Lipinski definition) is 1. The zero-order chi connectivity index (χ0) is 24.5. The van der Waals surface area contributed by atoms with E-state index in [9.17, 15) is 14.9 Å². The number of halogens is 1. The number of nitro groups is 1. The first-order valence-corrected chi connectivity index (χ1v) is 10.5. The van der Waals surface area contributed by atoms with Crippen LogP contribution in [0.3, 0.4) is 0 Å². The van der Waals surface area contributed by atoms with Gasteiger partial charge in [-0.3, -0.25) is 14.9 Å². The number of hydrogen-bond acceptors (Lipinski definition) is 7. The van der Waals surface area contributed by atoms with Crippen molar-refractivity contribution in [2.24, 2.45) is 5.10 Å². The predicted octanol–water partition coefficient (Wildman–Crippen LogP) is 4.75. The first-order valence-electron chi connectivity index (χ1n) is 10.2. The summed E-state index contributed by atoms with van der Waals surface area (Å²) in [5.74, 6) is 0.477. The van der Waals surface area contributed by atoms with Crippen LogP contribution in [0.1, 0.15) is 18.1 Å². The number of rotatable bonds is 10. The first kappa shape index (κ1) is 24.5. The summed E-state index contributed by atoms with van der Waals surface area (Å²) in [6, 6.07) is 18.3. The van der Waals surface area contributed by atoms with E-state index in [2.05, 4.69) is 10.5 Å². The molecule has 9 nitrogen and oxygen atoms in total. The van der Waals surface area contributed by atoms with Gasteiger partial charge in [0.1, 0.15) is 6.61 Å². The maximum atomic E-state index is 12.3. The molecule has 0 unspecified atom stereocenters. The number of ether oxygens (including phenoxy) is 3. The van der Waals surface area contributed by atoms with Gasteiger partial charge in [-0.05, 0) is 54.4 Å². The Bertz CT molecular complexity index is 1180. The highest BCUT2D eigenvalue weighted by atomic mass is 35.5. The summed E-state index contributed by atoms with van der Waals surface area (Å²) < 4.78 is 16.6. The monoisotopic (exact) mass is 483 g/mol. The van der Waals surface area contributed by atoms with E-state index in [-0.39, 0.29) is 11.4 Å². The molecule has 1 atom stereocenters. The number of nitrogens with zero attached hydrogens (tertiary/aromatic N) is 2. The minimum atomic E-state index is -1.00. The van der Waals surface area contributed by atoms with Gasteiger partial charge in [0, 0.05) is 11.1 Å². The van der Waals surface area contributed by atoms with Crippen LogP contribution in [0.4, 0.5) is 5.69 Å². The molecule has 3 aromatic rings. The summed E-state index contributed by atoms with van der Waals surface area (Å²) in [4.78, 5) is 22.8. The topological polar surface area (TPSA) is 112 Å². The molecule has 3 rings (SSSR count). The Balaban J connectivity index is 1.58. The lowest BCUT2D eigenvalue weighted by atomic mass is 10.2. The molecule has 34 heavy (non-hydrogen) atoms. The van der Waals surface area contributed by atoms with Crippen molar-refractivity contribution in [2.75, 3.05) is 7.11 Å². The second-order valence-corrected chi connectivity index (χ2v) is 7.48. The number of benzene rings is 3. The largest absolute Gasteiger partial charge is 0.493 e. The van der Waals surface area contributed by atoms with Gasteiger partial charge < -0.3 is 14.2 Å². The number of nitro benzene ring substituents is 1. The van der Waals surface area contributed by atoms with Gasteiger partial charge in [-0.25, -0.2) is 5.43 Å². The molecule has 176 valence electrons. The number of methoxy groups -OCH3 is 1. The van der Waals surface area contributed by atoms with Crippen molar-refractivity contribution in [1.29, 1.82) is 0 Å². The van der Waals surface area contributed by atoms with Crippen LogP contribution < -0.4 is 19.6 Å². The summed E-state index contributed by atoms with van der Waals surface area (Å²) in [5, 5.41) is 15.7. The molecule has 0 heterocycles. The van der Waals surface area contributed by atoms with E-state index < -0.39 is 16.9 Å². The van der Waals surface area contributed by atoms with Crippen molar-refractivity contribution >= 4 is 29.4 Å². The van der Waals surface area contributed by atoms with Crippen molar-refractivity contribution < 1.29 is 23.9 Å². The van der Waals surface area contributed by atoms with Crippen LogP contribution in [0.5, 0.6) is 17.2 Å². The minimum Gasteiger partial charge on any atom is -0.493 e. The molecule has 0 radical (unpaired) electrons. The maximum Gasteiger partial charge on any atom is 0.310 e. The average molecular weight is 484 g/mol. The first-order chi connectivity index (χ1) is 16.4. The lowest BCUT2D eigenvalue weighted by Gasteiger charge is -2.13. The number of para-hydroxylation sites is 2. The summed E-state index contributed by atoms with van der Waals surface area (Å²) in [5.41, 5.74) is 3.74. The van der Waals surface area contributed by atoms with Crippen molar-refractivity contribution in [3.8, 4) is 17.2 Å². The Morgan fingerprint density at radius 3 is 2.56 bits per heavy atom. The van der Waals surface area contributed by atoms with Gasteiger partial charge in [-0.2, -0.15) is 5.10 Å². The third-order valence-electron chi connectivity index (χ3n) is 4.62. The number of carbonyl (C=O) groups excluding carboxylic acids is 1. The molecular weight excluding hydrogens is 462 g/mol. The van der Waals surface area contributed by atoms with Crippen molar-refractivity contribution in [3.05, 3.63) is 93.0 Å². The zero-order valence-electron chi connectivity index (χ0n) is 18.4. The zero-order valence-corrected chi connectivity index (χ0v) is 19.2. The van der Waals surface area contributed by atoms with Crippen molar-refractivity contribution in [1.82, 2.24) is 5.43 Å². The summed E-state index contributed by atoms with van der Waals surface area (Å²) >= 11 is 5.90. The van der Waals surface area contributed by atoms with Crippen LogP contribution in [0.15, 0.2) is 71.8 Å². The van der Waals surface area contributed by atoms with Gasteiger partial charge in [0.2, 0.25) is 0 Å². The van der Waals surface area contributed by atoms with Crippen LogP contribution in [-0.4, -0.2) is 30.3 Å². The molecule has 0 fully saturated rings. The highest BCUT2D eigenvalue weighted by molar-refractivity contribution is 6.30. The highest BCUT2D eigenvalue weighted by Crippen LogP contribution is 2.29. The Hall–Kier alpha value is -4.11. The summed E-state index contributed by atoms with van der Waals surface area (Å²) in [6.45, 7) is 1.81. The van der Waals surface area contributed by atoms with Crippen LogP contribution in [0.2, 0.25) is 5.02 Å². The van der Waals surface area contributed by atoms with Gasteiger partial charge in [-0.1, -0.05) is 35.9 Å². The second kappa shape index (κ2) is 11.7. The molecule has 0 aliphatic carbocycles. The molecular formula is C24H22ClN3O6. The molecule has 1 N–H and O–H groups in total. The van der Waals surface area contributed by atoms with E-state index >= 15 is 0 Å². The van der Waals surface area contributed by atoms with Crippen LogP contribution >= 0.6 is 11.6 Å². The normalized spacial score (nSPS) is 11.6. The van der Waals surface area contributed by atoms with Gasteiger partial charge in [0.25, 0.3) is 5.91 Å². The number of hydrazone groups is 1. The lowest BCUT2D eigenvalue weighted by Crippen LogP contribution is -2.33. The van der Waals surface area contributed by atoms with E-state index in [0.717, 1.165) is 5.56 Å². The van der Waals surface area contributed by atoms with Crippen molar-refractivity contribution in [2.45, 2.75) is 19.6 Å². The van der Waals surface area contributed by atoms with E-state index in [4.69, 9.17) is 25.8 Å². The van der Waals surface area contributed by atoms with Crippen LogP contribution in [0.25, 0.3) is 0 Å². The Morgan fingerprint density at radius 2 is 1.85 bits per heavy atom. The van der Waals surface area contributed by atoms with Crippen LogP contribution in [0, 0.1) is 10.1 Å². The quantitative estimate of drug-likeness (QED) is 0.253. The second-order valence-electron chi connectivity index (χ2n) is 7.04. The molecule has 0 aliphatic rings. The Morgan fingerprint density at radius 1 is 1.12 bits per heavy atom. The summed E-state index contributed by atoms with van der Waals surface area (Å²) in [6.07, 6.45) is 0.428. The Labute approximate surface area is 201 Å². The fraction of sp³-hybridized carbons (Fsp3) is 0.167. The fourth-order valence-electron chi connectivity index (χ4n) is 2.84. The SMILES string of the molecule is COc1cc(/C=N\NC(=O)[C@@H](C)Oc2ccccc2[N+](=O)[O-])ccc1OCc1ccc(Cl)cc1. The number of carbonyl (C=O) groups is 1. The van der Waals surface area contributed by atoms with E-state index in [1.54, 1.807) is 36.4 Å². The standard InChI is InChI=1S/C24H22ClN3O6/c1-16(34-21-6-4-3-5-20(21)28(30)31)24(29)27-26-14-18-9-12-22(23(13-18)32-2)33-15-17-7-10-19(25)11-8-17/h3-14,16H,15H2,1-2H3,(H,27,29)/b26-14-/t16-/m1/s1. The number of amides is 1. The van der Waals surface area contributed by atoms with Gasteiger partial charge in [0.15, 0.2) is 23.4 Å². The average Bonchev–Trinajstić information content (AvgIpc) is 2.84. The fourth-order valence-corrected chi connectivity index (χ4v) is 2.96. The number of nitrogens with one attached hydrogen (secondary N) is 1. The Kier molecular flexibility index (Phi) is 8.42. The molecule has 0 aromatic heterocycles. The van der Waals surface area contributed by atoms with Crippen LogP contribution in [-0.2, 0) is 11.4 Å². The van der Waals surface area contributed by atoms with E-state index in [1.165, 1.54) is 38.4 Å². The lowest BCUT2D eigenvalue weighted by molar-refractivity contribution is -0.386. The van der Waals surface area contributed by atoms with E-state index in [0.29, 0.717) is 28.7 Å². The molecule has 10 heteroatoms. The third-order valence-corrected chi connectivity index (χ3v) is 4.87. The molecule has 1 amide bonds. The molecule has 0 saturated heterocycles. The van der Waals surface area contributed by atoms with Gasteiger partial charge in [0.05, 0.1) is 18.2 Å². The van der Waals surface area contributed by atoms with Gasteiger partial charge in [-0.15, -0.1) is 0 Å². The molecule has 0 saturated carbocycles. The summed E-state index contributed by atoms with van der Waals surface area (Å²) in [7, 11) is 1.52. The molecule has 3 aromatic carbocycles. The van der Waals surface area contributed by atoms with Gasteiger partial charge >= 0.3 is 5.69 Å². The molecule has 0 aliphatic heterocycles. The van der Waals surface area contributed by atoms with E-state index in [1.807, 2.05) is 12.1 Å². The predicted molar refractivity (Wildman–Crippen MR) is 128 cm³/mol. The molecule has 0 bridgehead atoms. The minimum absolute atomic E-state index is 0.00180. The third kappa shape index (κ3) is 6.69. The van der Waals surface area contributed by atoms with Crippen molar-refractivity contribution in [3.63, 3.8) is 0 Å². The molecule has 0 spiro atoms.